The van der Waals surface area contributed by atoms with Gasteiger partial charge in [-0.1, -0.05) is 24.3 Å². The third kappa shape index (κ3) is 5.85. The zero-order valence-electron chi connectivity index (χ0n) is 19.1. The van der Waals surface area contributed by atoms with Gasteiger partial charge in [-0.15, -0.1) is 0 Å². The second kappa shape index (κ2) is 11.3. The first-order valence-electron chi connectivity index (χ1n) is 11.3. The summed E-state index contributed by atoms with van der Waals surface area (Å²) in [4.78, 5) is 19.5. The van der Waals surface area contributed by atoms with Crippen molar-refractivity contribution in [1.82, 2.24) is 14.7 Å². The Morgan fingerprint density at radius 3 is 2.29 bits per heavy atom. The van der Waals surface area contributed by atoms with Crippen LogP contribution in [0.2, 0.25) is 0 Å². The fourth-order valence-electron chi connectivity index (χ4n) is 4.31. The van der Waals surface area contributed by atoms with Crippen LogP contribution in [0.3, 0.4) is 0 Å². The van der Waals surface area contributed by atoms with Gasteiger partial charge in [0.2, 0.25) is 0 Å². The molecular formula is C25H36N4O2. The molecule has 0 aliphatic carbocycles. The lowest BCUT2D eigenvalue weighted by Gasteiger charge is -2.39. The molecule has 0 bridgehead atoms. The average molecular weight is 425 g/mol. The average Bonchev–Trinajstić information content (AvgIpc) is 2.80. The molecule has 2 aromatic rings. The molecule has 1 aliphatic heterocycles. The number of hydrogen-bond acceptors (Lipinski definition) is 5. The van der Waals surface area contributed by atoms with E-state index in [9.17, 15) is 4.79 Å². The molecule has 1 atom stereocenters. The first-order chi connectivity index (χ1) is 15.1. The van der Waals surface area contributed by atoms with E-state index in [-0.39, 0.29) is 11.9 Å². The summed E-state index contributed by atoms with van der Waals surface area (Å²) >= 11 is 0. The van der Waals surface area contributed by atoms with Crippen molar-refractivity contribution in [2.75, 3.05) is 65.3 Å². The molecule has 0 spiro atoms. The monoisotopic (exact) mass is 424 g/mol. The summed E-state index contributed by atoms with van der Waals surface area (Å²) in [5.41, 5.74) is 10.0. The van der Waals surface area contributed by atoms with Gasteiger partial charge in [0.05, 0.1) is 12.6 Å². The van der Waals surface area contributed by atoms with Gasteiger partial charge in [0.25, 0.3) is 5.91 Å². The highest BCUT2D eigenvalue weighted by Crippen LogP contribution is 2.31. The molecule has 1 amide bonds. The van der Waals surface area contributed by atoms with Gasteiger partial charge in [-0.25, -0.2) is 0 Å². The number of nitrogens with zero attached hydrogens (tertiary/aromatic N) is 3. The lowest BCUT2D eigenvalue weighted by molar-refractivity contribution is 0.0772. The molecule has 6 heteroatoms. The molecule has 31 heavy (non-hydrogen) atoms. The molecule has 1 heterocycles. The van der Waals surface area contributed by atoms with Crippen LogP contribution in [0.1, 0.15) is 41.4 Å². The number of nitrogens with two attached hydrogens (primary N) is 1. The minimum absolute atomic E-state index is 0.0869. The zero-order valence-corrected chi connectivity index (χ0v) is 19.1. The van der Waals surface area contributed by atoms with E-state index in [0.29, 0.717) is 0 Å². The minimum Gasteiger partial charge on any atom is -0.399 e. The van der Waals surface area contributed by atoms with E-state index in [1.165, 1.54) is 11.1 Å². The Morgan fingerprint density at radius 1 is 1.03 bits per heavy atom. The molecule has 1 fully saturated rings. The molecule has 168 valence electrons. The van der Waals surface area contributed by atoms with E-state index in [4.69, 9.17) is 10.5 Å². The van der Waals surface area contributed by atoms with Crippen molar-refractivity contribution in [3.63, 3.8) is 0 Å². The number of nitrogen functional groups attached to an aromatic ring is 1. The number of hydrogen-bond donors (Lipinski definition) is 1. The van der Waals surface area contributed by atoms with Gasteiger partial charge in [0, 0.05) is 64.2 Å². The summed E-state index contributed by atoms with van der Waals surface area (Å²) in [6.07, 6.45) is 0. The summed E-state index contributed by atoms with van der Waals surface area (Å²) in [5, 5.41) is 0. The molecule has 2 N–H and O–H groups in total. The Kier molecular flexibility index (Phi) is 8.46. The lowest BCUT2D eigenvalue weighted by atomic mass is 9.95. The van der Waals surface area contributed by atoms with Crippen LogP contribution in [0.5, 0.6) is 0 Å². The summed E-state index contributed by atoms with van der Waals surface area (Å²) in [6, 6.07) is 16.4. The quantitative estimate of drug-likeness (QED) is 0.627. The van der Waals surface area contributed by atoms with Crippen molar-refractivity contribution in [2.45, 2.75) is 19.9 Å². The van der Waals surface area contributed by atoms with Crippen LogP contribution >= 0.6 is 0 Å². The van der Waals surface area contributed by atoms with Gasteiger partial charge < -0.3 is 15.4 Å². The van der Waals surface area contributed by atoms with Crippen LogP contribution in [-0.4, -0.2) is 80.1 Å². The maximum absolute atomic E-state index is 12.7. The molecule has 1 saturated heterocycles. The fraction of sp³-hybridized carbons (Fsp3) is 0.480. The van der Waals surface area contributed by atoms with Crippen molar-refractivity contribution in [2.24, 2.45) is 0 Å². The van der Waals surface area contributed by atoms with E-state index < -0.39 is 0 Å². The van der Waals surface area contributed by atoms with Crippen molar-refractivity contribution in [3.05, 3.63) is 65.2 Å². The fourth-order valence-corrected chi connectivity index (χ4v) is 4.31. The Balaban J connectivity index is 1.83. The minimum atomic E-state index is 0.0869. The highest BCUT2D eigenvalue weighted by molar-refractivity contribution is 5.94. The van der Waals surface area contributed by atoms with E-state index in [2.05, 4.69) is 34.1 Å². The number of carbonyl (C=O) groups excluding carboxylic acids is 1. The van der Waals surface area contributed by atoms with E-state index in [0.717, 1.165) is 63.7 Å². The number of ether oxygens (including phenoxy) is 1. The van der Waals surface area contributed by atoms with Gasteiger partial charge in [-0.3, -0.25) is 14.6 Å². The number of carbonyl (C=O) groups is 1. The second-order valence-corrected chi connectivity index (χ2v) is 8.04. The Labute approximate surface area is 186 Å². The molecule has 0 radical (unpaired) electrons. The van der Waals surface area contributed by atoms with Gasteiger partial charge in [0.1, 0.15) is 0 Å². The molecule has 3 rings (SSSR count). The zero-order chi connectivity index (χ0) is 22.2. The van der Waals surface area contributed by atoms with E-state index >= 15 is 0 Å². The highest BCUT2D eigenvalue weighted by Gasteiger charge is 2.27. The first kappa shape index (κ1) is 23.3. The van der Waals surface area contributed by atoms with Gasteiger partial charge in [-0.2, -0.15) is 0 Å². The molecule has 0 aromatic heterocycles. The van der Waals surface area contributed by atoms with Crippen molar-refractivity contribution >= 4 is 11.6 Å². The van der Waals surface area contributed by atoms with Crippen LogP contribution in [0.15, 0.2) is 48.5 Å². The van der Waals surface area contributed by atoms with Crippen molar-refractivity contribution in [1.29, 1.82) is 0 Å². The van der Waals surface area contributed by atoms with E-state index in [1.807, 2.05) is 43.0 Å². The standard InChI is InChI=1S/C25H36N4O2/c1-4-28(5-2)25(30)21-11-9-20(10-12-21)24(22-7-6-8-23(26)19-22)29-15-13-27(14-16-29)17-18-31-3/h6-12,19,24H,4-5,13-18,26H2,1-3H3/t24-/m1/s1. The molecular weight excluding hydrogens is 388 g/mol. The van der Waals surface area contributed by atoms with Gasteiger partial charge >= 0.3 is 0 Å². The van der Waals surface area contributed by atoms with Gasteiger partial charge in [-0.05, 0) is 49.2 Å². The molecule has 6 nitrogen and oxygen atoms in total. The van der Waals surface area contributed by atoms with Crippen LogP contribution in [0, 0.1) is 0 Å². The molecule has 2 aromatic carbocycles. The number of anilines is 1. The largest absolute Gasteiger partial charge is 0.399 e. The topological polar surface area (TPSA) is 62.0 Å². The van der Waals surface area contributed by atoms with Gasteiger partial charge in [0.15, 0.2) is 0 Å². The third-order valence-electron chi connectivity index (χ3n) is 6.13. The molecule has 1 aliphatic rings. The summed E-state index contributed by atoms with van der Waals surface area (Å²) in [7, 11) is 1.75. The number of rotatable bonds is 9. The lowest BCUT2D eigenvalue weighted by Crippen LogP contribution is -2.48. The second-order valence-electron chi connectivity index (χ2n) is 8.04. The smallest absolute Gasteiger partial charge is 0.253 e. The maximum atomic E-state index is 12.7. The van der Waals surface area contributed by atoms with Crippen molar-refractivity contribution < 1.29 is 9.53 Å². The summed E-state index contributed by atoms with van der Waals surface area (Å²) < 4.78 is 5.23. The predicted molar refractivity (Wildman–Crippen MR) is 126 cm³/mol. The highest BCUT2D eigenvalue weighted by atomic mass is 16.5. The number of piperazine rings is 1. The van der Waals surface area contributed by atoms with E-state index in [1.54, 1.807) is 7.11 Å². The molecule has 0 unspecified atom stereocenters. The molecule has 0 saturated carbocycles. The third-order valence-corrected chi connectivity index (χ3v) is 6.13. The Bertz CT molecular complexity index is 828. The SMILES string of the molecule is CCN(CC)C(=O)c1ccc([C@H](c2cccc(N)c2)N2CCN(CCOC)CC2)cc1. The normalized spacial score (nSPS) is 16.2. The number of benzene rings is 2. The van der Waals surface area contributed by atoms with Crippen LogP contribution in [0.25, 0.3) is 0 Å². The Hall–Kier alpha value is -2.41. The van der Waals surface area contributed by atoms with Crippen LogP contribution < -0.4 is 5.73 Å². The van der Waals surface area contributed by atoms with Crippen molar-refractivity contribution in [3.8, 4) is 0 Å². The summed E-state index contributed by atoms with van der Waals surface area (Å²) in [6.45, 7) is 11.2. The predicted octanol–water partition coefficient (Wildman–Crippen LogP) is 3.10. The first-order valence-corrected chi connectivity index (χ1v) is 11.3. The summed E-state index contributed by atoms with van der Waals surface area (Å²) in [5.74, 6) is 0.0869. The number of amides is 1. The van der Waals surface area contributed by atoms with Crippen LogP contribution in [-0.2, 0) is 4.74 Å². The maximum Gasteiger partial charge on any atom is 0.253 e. The Morgan fingerprint density at radius 2 is 1.71 bits per heavy atom. The number of methoxy groups -OCH3 is 1. The van der Waals surface area contributed by atoms with Crippen LogP contribution in [0.4, 0.5) is 5.69 Å².